The number of hydrogen-bond donors (Lipinski definition) is 0. The number of sulfonamides is 1. The molecule has 0 amide bonds. The van der Waals surface area contributed by atoms with Gasteiger partial charge in [-0.2, -0.15) is 4.31 Å². The lowest BCUT2D eigenvalue weighted by molar-refractivity contribution is 0.437. The largest absolute Gasteiger partial charge is 0.261 e. The molecule has 3 rings (SSSR count). The first kappa shape index (κ1) is 16.5. The average Bonchev–Trinajstić information content (AvgIpc) is 2.92. The van der Waals surface area contributed by atoms with Crippen LogP contribution in [0, 0.1) is 5.82 Å². The highest BCUT2D eigenvalue weighted by molar-refractivity contribution is 9.10. The number of hydrogen-bond acceptors (Lipinski definition) is 3. The molecule has 0 bridgehead atoms. The molecular formula is C16H16BrFN2O2S. The van der Waals surface area contributed by atoms with Crippen LogP contribution in [0.4, 0.5) is 4.39 Å². The topological polar surface area (TPSA) is 50.3 Å². The van der Waals surface area contributed by atoms with Crippen molar-refractivity contribution in [1.82, 2.24) is 9.29 Å². The quantitative estimate of drug-likeness (QED) is 0.796. The molecule has 1 aromatic heterocycles. The van der Waals surface area contributed by atoms with E-state index in [1.54, 1.807) is 24.3 Å². The van der Waals surface area contributed by atoms with E-state index in [-0.39, 0.29) is 16.3 Å². The van der Waals surface area contributed by atoms with E-state index < -0.39 is 10.0 Å². The molecule has 7 heteroatoms. The molecule has 0 spiro atoms. The zero-order valence-electron chi connectivity index (χ0n) is 12.5. The van der Waals surface area contributed by atoms with Gasteiger partial charge in [-0.25, -0.2) is 17.8 Å². The molecule has 23 heavy (non-hydrogen) atoms. The van der Waals surface area contributed by atoms with Gasteiger partial charge in [0, 0.05) is 24.7 Å². The number of rotatable bonds is 3. The molecule has 2 heterocycles. The fourth-order valence-corrected chi connectivity index (χ4v) is 5.30. The van der Waals surface area contributed by atoms with Crippen molar-refractivity contribution in [2.24, 2.45) is 0 Å². The lowest BCUT2D eigenvalue weighted by Gasteiger charge is -2.25. The zero-order valence-corrected chi connectivity index (χ0v) is 14.9. The predicted molar refractivity (Wildman–Crippen MR) is 89.1 cm³/mol. The maximum absolute atomic E-state index is 13.1. The molecule has 1 fully saturated rings. The van der Waals surface area contributed by atoms with Crippen molar-refractivity contribution < 1.29 is 12.8 Å². The number of aromatic nitrogens is 1. The van der Waals surface area contributed by atoms with E-state index in [4.69, 9.17) is 0 Å². The second kappa shape index (κ2) is 5.96. The van der Waals surface area contributed by atoms with Gasteiger partial charge in [-0.3, -0.25) is 0 Å². The highest BCUT2D eigenvalue weighted by atomic mass is 79.9. The Balaban J connectivity index is 1.90. The molecule has 1 aliphatic heterocycles. The van der Waals surface area contributed by atoms with E-state index in [0.717, 1.165) is 5.56 Å². The summed E-state index contributed by atoms with van der Waals surface area (Å²) in [6.07, 6.45) is 2.15. The van der Waals surface area contributed by atoms with E-state index in [0.29, 0.717) is 24.0 Å². The van der Waals surface area contributed by atoms with Crippen LogP contribution in [0.1, 0.15) is 18.9 Å². The summed E-state index contributed by atoms with van der Waals surface area (Å²) in [5, 5.41) is 0.0309. The molecule has 1 atom stereocenters. The smallest absolute Gasteiger partial charge is 0.242 e. The molecule has 0 radical (unpaired) electrons. The molecule has 1 unspecified atom stereocenters. The van der Waals surface area contributed by atoms with Gasteiger partial charge in [-0.15, -0.1) is 0 Å². The molecule has 1 saturated heterocycles. The Kier molecular flexibility index (Phi) is 4.29. The average molecular weight is 399 g/mol. The van der Waals surface area contributed by atoms with Crippen molar-refractivity contribution in [3.8, 4) is 0 Å². The monoisotopic (exact) mass is 398 g/mol. The van der Waals surface area contributed by atoms with Crippen molar-refractivity contribution in [2.75, 3.05) is 13.1 Å². The molecular weight excluding hydrogens is 383 g/mol. The van der Waals surface area contributed by atoms with Gasteiger partial charge in [-0.1, -0.05) is 19.1 Å². The maximum atomic E-state index is 13.1. The van der Waals surface area contributed by atoms with Crippen LogP contribution in [0.3, 0.4) is 0 Å². The van der Waals surface area contributed by atoms with Gasteiger partial charge in [-0.05, 0) is 52.2 Å². The molecule has 0 N–H and O–H groups in total. The van der Waals surface area contributed by atoms with Crippen LogP contribution in [-0.4, -0.2) is 30.8 Å². The maximum Gasteiger partial charge on any atom is 0.261 e. The van der Waals surface area contributed by atoms with Gasteiger partial charge in [0.05, 0.1) is 4.47 Å². The molecule has 122 valence electrons. The van der Waals surface area contributed by atoms with Gasteiger partial charge in [0.25, 0.3) is 10.0 Å². The number of nitrogens with zero attached hydrogens (tertiary/aromatic N) is 2. The molecule has 0 saturated carbocycles. The second-order valence-corrected chi connectivity index (χ2v) is 8.65. The Hall–Kier alpha value is -1.31. The van der Waals surface area contributed by atoms with E-state index in [1.165, 1.54) is 22.6 Å². The van der Waals surface area contributed by atoms with Crippen LogP contribution < -0.4 is 0 Å². The Morgan fingerprint density at radius 2 is 1.96 bits per heavy atom. The van der Waals surface area contributed by atoms with E-state index in [9.17, 15) is 12.8 Å². The minimum atomic E-state index is -3.66. The standard InChI is InChI=1S/C16H16BrFN2O2S/c1-16(12-4-6-13(18)7-5-12)8-10-20(11-16)23(21,22)15-14(17)3-2-9-19-15/h2-7,9H,8,10-11H2,1H3. The molecule has 4 nitrogen and oxygen atoms in total. The van der Waals surface area contributed by atoms with E-state index in [2.05, 4.69) is 20.9 Å². The molecule has 1 aromatic carbocycles. The number of halogens is 2. The summed E-state index contributed by atoms with van der Waals surface area (Å²) in [7, 11) is -3.66. The first-order chi connectivity index (χ1) is 10.8. The summed E-state index contributed by atoms with van der Waals surface area (Å²) in [4.78, 5) is 4.00. The van der Waals surface area contributed by atoms with Crippen molar-refractivity contribution >= 4 is 26.0 Å². The summed E-state index contributed by atoms with van der Waals surface area (Å²) in [6, 6.07) is 9.61. The van der Waals surface area contributed by atoms with Gasteiger partial charge in [0.2, 0.25) is 0 Å². The van der Waals surface area contributed by atoms with E-state index in [1.807, 2.05) is 6.92 Å². The predicted octanol–water partition coefficient (Wildman–Crippen LogP) is 3.34. The molecule has 2 aromatic rings. The van der Waals surface area contributed by atoms with Gasteiger partial charge in [0.1, 0.15) is 5.82 Å². The summed E-state index contributed by atoms with van der Waals surface area (Å²) in [5.41, 5.74) is 0.610. The van der Waals surface area contributed by atoms with Gasteiger partial charge < -0.3 is 0 Å². The molecule has 1 aliphatic rings. The first-order valence-corrected chi connectivity index (χ1v) is 9.43. The van der Waals surface area contributed by atoms with Crippen molar-refractivity contribution in [3.63, 3.8) is 0 Å². The third kappa shape index (κ3) is 3.05. The van der Waals surface area contributed by atoms with Crippen LogP contribution in [0.25, 0.3) is 0 Å². The third-order valence-corrected chi connectivity index (χ3v) is 7.00. The normalized spacial score (nSPS) is 22.4. The van der Waals surface area contributed by atoms with Gasteiger partial charge >= 0.3 is 0 Å². The highest BCUT2D eigenvalue weighted by Crippen LogP contribution is 2.37. The first-order valence-electron chi connectivity index (χ1n) is 7.20. The Morgan fingerprint density at radius 1 is 1.26 bits per heavy atom. The third-order valence-electron chi connectivity index (χ3n) is 4.29. The van der Waals surface area contributed by atoms with Crippen LogP contribution in [-0.2, 0) is 15.4 Å². The van der Waals surface area contributed by atoms with Crippen LogP contribution in [0.15, 0.2) is 52.1 Å². The Bertz CT molecular complexity index is 826. The van der Waals surface area contributed by atoms with Crippen molar-refractivity contribution in [1.29, 1.82) is 0 Å². The minimum absolute atomic E-state index is 0.0309. The zero-order chi connectivity index (χ0) is 16.7. The van der Waals surface area contributed by atoms with Gasteiger partial charge in [0.15, 0.2) is 5.03 Å². The number of benzene rings is 1. The summed E-state index contributed by atoms with van der Waals surface area (Å²) >= 11 is 3.25. The van der Waals surface area contributed by atoms with Crippen molar-refractivity contribution in [3.05, 3.63) is 58.4 Å². The fourth-order valence-electron chi connectivity index (χ4n) is 2.90. The summed E-state index contributed by atoms with van der Waals surface area (Å²) < 4.78 is 40.6. The van der Waals surface area contributed by atoms with Crippen LogP contribution >= 0.6 is 15.9 Å². The SMILES string of the molecule is CC1(c2ccc(F)cc2)CCN(S(=O)(=O)c2ncccc2Br)C1. The summed E-state index contributed by atoms with van der Waals surface area (Å²) in [6.45, 7) is 2.77. The minimum Gasteiger partial charge on any atom is -0.242 e. The summed E-state index contributed by atoms with van der Waals surface area (Å²) in [5.74, 6) is -0.294. The van der Waals surface area contributed by atoms with Crippen LogP contribution in [0.5, 0.6) is 0 Å². The second-order valence-electron chi connectivity index (χ2n) is 5.95. The Morgan fingerprint density at radius 3 is 2.61 bits per heavy atom. The van der Waals surface area contributed by atoms with Crippen molar-refractivity contribution in [2.45, 2.75) is 23.8 Å². The lowest BCUT2D eigenvalue weighted by Crippen LogP contribution is -2.33. The lowest BCUT2D eigenvalue weighted by atomic mass is 9.82. The highest BCUT2D eigenvalue weighted by Gasteiger charge is 2.41. The Labute approximate surface area is 143 Å². The van der Waals surface area contributed by atoms with E-state index >= 15 is 0 Å². The fraction of sp³-hybridized carbons (Fsp3) is 0.312. The molecule has 0 aliphatic carbocycles. The van der Waals surface area contributed by atoms with Crippen LogP contribution in [0.2, 0.25) is 0 Å². The number of pyridine rings is 1.